The summed E-state index contributed by atoms with van der Waals surface area (Å²) in [5, 5.41) is 0. The van der Waals surface area contributed by atoms with E-state index in [1.54, 1.807) is 12.4 Å². The maximum Gasteiger partial charge on any atom is 0.159 e. The summed E-state index contributed by atoms with van der Waals surface area (Å²) in [6.07, 6.45) is 15.5. The highest BCUT2D eigenvalue weighted by molar-refractivity contribution is 5.56. The largest absolute Gasteiger partial charge is 0.494 e. The molecule has 0 amide bonds. The standard InChI is InChI=1S/C25H36N2O3/c1-3-5-7-9-18-30-24-20-26-25(27-21-24)22-12-14-23(15-13-22)29-19-11-10-17-28-16-8-6-4-2/h7,9,12-15,20-21H,3-6,8,10-11,16-19H2,1-2H3/b9-7+. The van der Waals surface area contributed by atoms with Crippen LogP contribution in [0.4, 0.5) is 0 Å². The number of hydrogen-bond acceptors (Lipinski definition) is 5. The lowest BCUT2D eigenvalue weighted by molar-refractivity contribution is 0.123. The fraction of sp³-hybridized carbons (Fsp3) is 0.520. The van der Waals surface area contributed by atoms with Crippen molar-refractivity contribution in [3.05, 3.63) is 48.8 Å². The average molecular weight is 413 g/mol. The molecule has 0 saturated heterocycles. The second kappa shape index (κ2) is 15.4. The van der Waals surface area contributed by atoms with E-state index in [1.165, 1.54) is 12.8 Å². The zero-order chi connectivity index (χ0) is 21.3. The number of aromatic nitrogens is 2. The summed E-state index contributed by atoms with van der Waals surface area (Å²) >= 11 is 0. The molecule has 0 aliphatic rings. The summed E-state index contributed by atoms with van der Waals surface area (Å²) in [5.74, 6) is 2.21. The average Bonchev–Trinajstić information content (AvgIpc) is 2.79. The Morgan fingerprint density at radius 2 is 1.43 bits per heavy atom. The van der Waals surface area contributed by atoms with Crippen LogP contribution in [-0.2, 0) is 4.74 Å². The third kappa shape index (κ3) is 9.88. The van der Waals surface area contributed by atoms with Crippen LogP contribution in [0.25, 0.3) is 11.4 Å². The van der Waals surface area contributed by atoms with Gasteiger partial charge in [-0.05, 0) is 49.9 Å². The lowest BCUT2D eigenvalue weighted by Crippen LogP contribution is -2.02. The lowest BCUT2D eigenvalue weighted by atomic mass is 10.2. The summed E-state index contributed by atoms with van der Waals surface area (Å²) in [5.41, 5.74) is 0.956. The molecule has 0 spiro atoms. The summed E-state index contributed by atoms with van der Waals surface area (Å²) in [6.45, 7) is 7.30. The molecule has 0 atom stereocenters. The minimum absolute atomic E-state index is 0.541. The van der Waals surface area contributed by atoms with Crippen molar-refractivity contribution < 1.29 is 14.2 Å². The highest BCUT2D eigenvalue weighted by atomic mass is 16.5. The van der Waals surface area contributed by atoms with Crippen molar-refractivity contribution in [2.45, 2.75) is 58.8 Å². The minimum Gasteiger partial charge on any atom is -0.494 e. The molecule has 0 aliphatic carbocycles. The molecule has 2 aromatic rings. The highest BCUT2D eigenvalue weighted by Crippen LogP contribution is 2.20. The van der Waals surface area contributed by atoms with E-state index in [-0.39, 0.29) is 0 Å². The monoisotopic (exact) mass is 412 g/mol. The van der Waals surface area contributed by atoms with E-state index in [9.17, 15) is 0 Å². The first-order valence-corrected chi connectivity index (χ1v) is 11.2. The van der Waals surface area contributed by atoms with Gasteiger partial charge in [-0.25, -0.2) is 9.97 Å². The summed E-state index contributed by atoms with van der Waals surface area (Å²) in [7, 11) is 0. The normalized spacial score (nSPS) is 11.1. The molecule has 0 saturated carbocycles. The Bertz CT molecular complexity index is 699. The van der Waals surface area contributed by atoms with E-state index in [2.05, 4.69) is 29.9 Å². The lowest BCUT2D eigenvalue weighted by Gasteiger charge is -2.08. The molecule has 1 aromatic heterocycles. The van der Waals surface area contributed by atoms with Crippen LogP contribution >= 0.6 is 0 Å². The molecule has 0 unspecified atom stereocenters. The van der Waals surface area contributed by atoms with Crippen LogP contribution in [0.5, 0.6) is 11.5 Å². The summed E-state index contributed by atoms with van der Waals surface area (Å²) in [4.78, 5) is 8.80. The van der Waals surface area contributed by atoms with Gasteiger partial charge in [0.1, 0.15) is 12.4 Å². The molecule has 5 nitrogen and oxygen atoms in total. The Kier molecular flexibility index (Phi) is 12.3. The van der Waals surface area contributed by atoms with Crippen LogP contribution in [0.3, 0.4) is 0 Å². The van der Waals surface area contributed by atoms with Crippen LogP contribution < -0.4 is 9.47 Å². The molecular formula is C25H36N2O3. The van der Waals surface area contributed by atoms with Gasteiger partial charge in [0.25, 0.3) is 0 Å². The fourth-order valence-electron chi connectivity index (χ4n) is 2.79. The van der Waals surface area contributed by atoms with E-state index in [4.69, 9.17) is 14.2 Å². The number of rotatable bonds is 16. The summed E-state index contributed by atoms with van der Waals surface area (Å²) in [6, 6.07) is 7.89. The van der Waals surface area contributed by atoms with Gasteiger partial charge in [0.2, 0.25) is 0 Å². The van der Waals surface area contributed by atoms with Crippen molar-refractivity contribution in [2.75, 3.05) is 26.4 Å². The molecular weight excluding hydrogens is 376 g/mol. The van der Waals surface area contributed by atoms with E-state index in [1.807, 2.05) is 30.3 Å². The van der Waals surface area contributed by atoms with Crippen LogP contribution in [0, 0.1) is 0 Å². The Morgan fingerprint density at radius 1 is 0.733 bits per heavy atom. The van der Waals surface area contributed by atoms with Gasteiger partial charge in [0.15, 0.2) is 11.6 Å². The molecule has 164 valence electrons. The number of unbranched alkanes of at least 4 members (excludes halogenated alkanes) is 4. The zero-order valence-electron chi connectivity index (χ0n) is 18.5. The van der Waals surface area contributed by atoms with E-state index >= 15 is 0 Å². The number of benzene rings is 1. The third-order valence-corrected chi connectivity index (χ3v) is 4.55. The smallest absolute Gasteiger partial charge is 0.159 e. The number of hydrogen-bond donors (Lipinski definition) is 0. The number of allylic oxidation sites excluding steroid dienone is 1. The van der Waals surface area contributed by atoms with Crippen molar-refractivity contribution in [3.8, 4) is 22.9 Å². The van der Waals surface area contributed by atoms with Crippen molar-refractivity contribution in [1.29, 1.82) is 0 Å². The molecule has 0 aliphatic heterocycles. The van der Waals surface area contributed by atoms with Gasteiger partial charge >= 0.3 is 0 Å². The third-order valence-electron chi connectivity index (χ3n) is 4.55. The quantitative estimate of drug-likeness (QED) is 0.241. The van der Waals surface area contributed by atoms with Crippen LogP contribution in [0.1, 0.15) is 58.8 Å². The Hall–Kier alpha value is -2.40. The first kappa shape index (κ1) is 23.9. The second-order valence-corrected chi connectivity index (χ2v) is 7.21. The maximum atomic E-state index is 5.81. The highest BCUT2D eigenvalue weighted by Gasteiger charge is 2.03. The van der Waals surface area contributed by atoms with E-state index < -0.39 is 0 Å². The molecule has 5 heteroatoms. The van der Waals surface area contributed by atoms with Gasteiger partial charge < -0.3 is 14.2 Å². The Morgan fingerprint density at radius 3 is 2.13 bits per heavy atom. The zero-order valence-corrected chi connectivity index (χ0v) is 18.5. The van der Waals surface area contributed by atoms with Crippen molar-refractivity contribution in [3.63, 3.8) is 0 Å². The topological polar surface area (TPSA) is 53.5 Å². The predicted molar refractivity (Wildman–Crippen MR) is 122 cm³/mol. The fourth-order valence-corrected chi connectivity index (χ4v) is 2.79. The summed E-state index contributed by atoms with van der Waals surface area (Å²) < 4.78 is 17.0. The maximum absolute atomic E-state index is 5.81. The molecule has 0 fully saturated rings. The second-order valence-electron chi connectivity index (χ2n) is 7.21. The van der Waals surface area contributed by atoms with Gasteiger partial charge in [-0.15, -0.1) is 0 Å². The van der Waals surface area contributed by atoms with Crippen molar-refractivity contribution in [2.24, 2.45) is 0 Å². The van der Waals surface area contributed by atoms with Gasteiger partial charge in [0.05, 0.1) is 19.0 Å². The van der Waals surface area contributed by atoms with Crippen LogP contribution in [-0.4, -0.2) is 36.4 Å². The van der Waals surface area contributed by atoms with Crippen LogP contribution in [0.2, 0.25) is 0 Å². The van der Waals surface area contributed by atoms with Crippen molar-refractivity contribution >= 4 is 0 Å². The van der Waals surface area contributed by atoms with E-state index in [0.29, 0.717) is 24.8 Å². The molecule has 0 radical (unpaired) electrons. The van der Waals surface area contributed by atoms with Crippen molar-refractivity contribution in [1.82, 2.24) is 9.97 Å². The molecule has 0 N–H and O–H groups in total. The Balaban J connectivity index is 1.66. The molecule has 30 heavy (non-hydrogen) atoms. The first-order chi connectivity index (χ1) is 14.8. The SMILES string of the molecule is CCC/C=C/COc1cnc(-c2ccc(OCCCCOCCCCC)cc2)nc1. The predicted octanol–water partition coefficient (Wildman–Crippen LogP) is 6.24. The Labute approximate surface area is 181 Å². The van der Waals surface area contributed by atoms with E-state index in [0.717, 1.165) is 56.6 Å². The van der Waals surface area contributed by atoms with Gasteiger partial charge in [-0.2, -0.15) is 0 Å². The molecule has 0 bridgehead atoms. The number of ether oxygens (including phenoxy) is 3. The first-order valence-electron chi connectivity index (χ1n) is 11.2. The van der Waals surface area contributed by atoms with Gasteiger partial charge in [-0.3, -0.25) is 0 Å². The number of nitrogens with zero attached hydrogens (tertiary/aromatic N) is 2. The molecule has 1 heterocycles. The molecule has 1 aromatic carbocycles. The molecule has 2 rings (SSSR count). The van der Waals surface area contributed by atoms with Gasteiger partial charge in [0, 0.05) is 18.8 Å². The van der Waals surface area contributed by atoms with Crippen LogP contribution in [0.15, 0.2) is 48.8 Å². The van der Waals surface area contributed by atoms with Gasteiger partial charge in [-0.1, -0.05) is 45.3 Å². The minimum atomic E-state index is 0.541.